The third kappa shape index (κ3) is 3.20. The van der Waals surface area contributed by atoms with Crippen molar-refractivity contribution in [1.82, 2.24) is 15.4 Å². The van der Waals surface area contributed by atoms with E-state index in [1.165, 1.54) is 0 Å². The number of hydrogen-bond donors (Lipinski definition) is 4. The van der Waals surface area contributed by atoms with Crippen molar-refractivity contribution in [2.75, 3.05) is 6.54 Å². The van der Waals surface area contributed by atoms with Gasteiger partial charge in [-0.05, 0) is 24.5 Å². The molecule has 1 aromatic heterocycles. The zero-order chi connectivity index (χ0) is 16.4. The minimum absolute atomic E-state index is 0.184. The molecule has 2 aromatic rings. The van der Waals surface area contributed by atoms with Crippen molar-refractivity contribution < 1.29 is 19.9 Å². The standard InChI is InChI=1S/C16H19N3O4/c20-15(14-6-3-7-19(14)23)18-13(16(21)22)8-10-9-17-12-5-2-1-4-11(10)12/h1-2,4-5,9,13-14,17,23H,3,6-8H2,(H,18,20)(H,21,22). The number of nitrogens with zero attached hydrogens (tertiary/aromatic N) is 1. The number of hydrogen-bond acceptors (Lipinski definition) is 4. The van der Waals surface area contributed by atoms with Crippen molar-refractivity contribution >= 4 is 22.8 Å². The Morgan fingerprint density at radius 2 is 2.17 bits per heavy atom. The summed E-state index contributed by atoms with van der Waals surface area (Å²) >= 11 is 0. The molecule has 2 unspecified atom stereocenters. The topological polar surface area (TPSA) is 106 Å². The number of carbonyl (C=O) groups is 2. The first kappa shape index (κ1) is 15.5. The summed E-state index contributed by atoms with van der Waals surface area (Å²) in [6.07, 6.45) is 3.19. The third-order valence-corrected chi connectivity index (χ3v) is 4.24. The lowest BCUT2D eigenvalue weighted by Gasteiger charge is -2.20. The lowest BCUT2D eigenvalue weighted by Crippen LogP contribution is -2.49. The average Bonchev–Trinajstić information content (AvgIpc) is 3.13. The van der Waals surface area contributed by atoms with Gasteiger partial charge in [-0.3, -0.25) is 4.79 Å². The number of H-pyrrole nitrogens is 1. The van der Waals surface area contributed by atoms with Crippen LogP contribution in [0.4, 0.5) is 0 Å². The summed E-state index contributed by atoms with van der Waals surface area (Å²) in [6, 6.07) is 5.91. The molecular weight excluding hydrogens is 298 g/mol. The van der Waals surface area contributed by atoms with Crippen LogP contribution < -0.4 is 5.32 Å². The Bertz CT molecular complexity index is 727. The van der Waals surface area contributed by atoms with Crippen LogP contribution in [-0.4, -0.2) is 50.9 Å². The van der Waals surface area contributed by atoms with Gasteiger partial charge in [-0.1, -0.05) is 18.2 Å². The van der Waals surface area contributed by atoms with Gasteiger partial charge >= 0.3 is 5.97 Å². The van der Waals surface area contributed by atoms with E-state index in [4.69, 9.17) is 0 Å². The Hall–Kier alpha value is -2.38. The maximum atomic E-state index is 12.2. The smallest absolute Gasteiger partial charge is 0.326 e. The number of carbonyl (C=O) groups excluding carboxylic acids is 1. The van der Waals surface area contributed by atoms with E-state index in [1.54, 1.807) is 6.20 Å². The second-order valence-electron chi connectivity index (χ2n) is 5.78. The van der Waals surface area contributed by atoms with Crippen molar-refractivity contribution in [3.63, 3.8) is 0 Å². The minimum atomic E-state index is -1.09. The van der Waals surface area contributed by atoms with Crippen molar-refractivity contribution in [3.05, 3.63) is 36.0 Å². The van der Waals surface area contributed by atoms with Gasteiger partial charge in [-0.25, -0.2) is 4.79 Å². The van der Waals surface area contributed by atoms with E-state index >= 15 is 0 Å². The van der Waals surface area contributed by atoms with Crippen LogP contribution in [0.1, 0.15) is 18.4 Å². The molecule has 23 heavy (non-hydrogen) atoms. The second-order valence-corrected chi connectivity index (χ2v) is 5.78. The summed E-state index contributed by atoms with van der Waals surface area (Å²) in [5.41, 5.74) is 1.76. The maximum Gasteiger partial charge on any atom is 0.326 e. The first-order valence-corrected chi connectivity index (χ1v) is 7.60. The molecule has 2 atom stereocenters. The Morgan fingerprint density at radius 1 is 1.39 bits per heavy atom. The number of amides is 1. The van der Waals surface area contributed by atoms with Crippen LogP contribution in [0.3, 0.4) is 0 Å². The summed E-state index contributed by atoms with van der Waals surface area (Å²) < 4.78 is 0. The maximum absolute atomic E-state index is 12.2. The summed E-state index contributed by atoms with van der Waals surface area (Å²) in [5, 5.41) is 23.5. The van der Waals surface area contributed by atoms with Crippen LogP contribution in [0.25, 0.3) is 10.9 Å². The molecule has 1 aliphatic heterocycles. The van der Waals surface area contributed by atoms with Gasteiger partial charge in [0.15, 0.2) is 0 Å². The SMILES string of the molecule is O=C(O)C(Cc1c[nH]c2ccccc12)NC(=O)C1CCCN1O. The van der Waals surface area contributed by atoms with Gasteiger partial charge < -0.3 is 20.6 Å². The first-order valence-electron chi connectivity index (χ1n) is 7.60. The molecule has 1 amide bonds. The van der Waals surface area contributed by atoms with Crippen molar-refractivity contribution in [2.45, 2.75) is 31.3 Å². The molecule has 2 heterocycles. The third-order valence-electron chi connectivity index (χ3n) is 4.24. The van der Waals surface area contributed by atoms with E-state index in [9.17, 15) is 19.9 Å². The Morgan fingerprint density at radius 3 is 2.87 bits per heavy atom. The van der Waals surface area contributed by atoms with Crippen LogP contribution >= 0.6 is 0 Å². The number of hydroxylamine groups is 2. The fourth-order valence-corrected chi connectivity index (χ4v) is 3.01. The van der Waals surface area contributed by atoms with E-state index in [1.807, 2.05) is 24.3 Å². The number of benzene rings is 1. The van der Waals surface area contributed by atoms with E-state index in [0.717, 1.165) is 28.0 Å². The van der Waals surface area contributed by atoms with Gasteiger partial charge in [-0.15, -0.1) is 0 Å². The number of nitrogens with one attached hydrogen (secondary N) is 2. The molecule has 0 aliphatic carbocycles. The number of carboxylic acids is 1. The molecular formula is C16H19N3O4. The normalized spacial score (nSPS) is 19.8. The molecule has 122 valence electrons. The van der Waals surface area contributed by atoms with Gasteiger partial charge in [0.05, 0.1) is 0 Å². The summed E-state index contributed by atoms with van der Waals surface area (Å²) in [5.74, 6) is -1.54. The largest absolute Gasteiger partial charge is 0.480 e. The Kier molecular flexibility index (Phi) is 4.31. The highest BCUT2D eigenvalue weighted by molar-refractivity contribution is 5.88. The quantitative estimate of drug-likeness (QED) is 0.661. The Balaban J connectivity index is 1.74. The van der Waals surface area contributed by atoms with E-state index in [-0.39, 0.29) is 6.42 Å². The number of aliphatic carboxylic acids is 1. The number of rotatable bonds is 5. The van der Waals surface area contributed by atoms with Crippen molar-refractivity contribution in [3.8, 4) is 0 Å². The van der Waals surface area contributed by atoms with Crippen LogP contribution in [0.2, 0.25) is 0 Å². The monoisotopic (exact) mass is 317 g/mol. The highest BCUT2D eigenvalue weighted by Gasteiger charge is 2.32. The highest BCUT2D eigenvalue weighted by atomic mass is 16.5. The molecule has 0 radical (unpaired) electrons. The molecule has 7 heteroatoms. The lowest BCUT2D eigenvalue weighted by atomic mass is 10.0. The number of fused-ring (bicyclic) bond motifs is 1. The number of para-hydroxylation sites is 1. The number of aromatic amines is 1. The molecule has 1 fully saturated rings. The first-order chi connectivity index (χ1) is 11.1. The Labute approximate surface area is 132 Å². The number of carboxylic acid groups (broad SMARTS) is 1. The minimum Gasteiger partial charge on any atom is -0.480 e. The van der Waals surface area contributed by atoms with Crippen molar-refractivity contribution in [1.29, 1.82) is 0 Å². The summed E-state index contributed by atoms with van der Waals surface area (Å²) in [7, 11) is 0. The second kappa shape index (κ2) is 6.39. The molecule has 7 nitrogen and oxygen atoms in total. The fourth-order valence-electron chi connectivity index (χ4n) is 3.01. The molecule has 1 saturated heterocycles. The van der Waals surface area contributed by atoms with Gasteiger partial charge in [0, 0.05) is 30.1 Å². The summed E-state index contributed by atoms with van der Waals surface area (Å²) in [6.45, 7) is 0.429. The van der Waals surface area contributed by atoms with Crippen LogP contribution in [0, 0.1) is 0 Å². The van der Waals surface area contributed by atoms with Crippen LogP contribution in [0.15, 0.2) is 30.5 Å². The van der Waals surface area contributed by atoms with E-state index in [2.05, 4.69) is 10.3 Å². The zero-order valence-electron chi connectivity index (χ0n) is 12.5. The zero-order valence-corrected chi connectivity index (χ0v) is 12.5. The molecule has 1 aromatic carbocycles. The van der Waals surface area contributed by atoms with Crippen LogP contribution in [-0.2, 0) is 16.0 Å². The predicted molar refractivity (Wildman–Crippen MR) is 83.1 cm³/mol. The van der Waals surface area contributed by atoms with E-state index in [0.29, 0.717) is 13.0 Å². The fraction of sp³-hybridized carbons (Fsp3) is 0.375. The molecule has 0 bridgehead atoms. The van der Waals surface area contributed by atoms with Gasteiger partial charge in [0.1, 0.15) is 12.1 Å². The molecule has 0 spiro atoms. The predicted octanol–water partition coefficient (Wildman–Crippen LogP) is 1.13. The van der Waals surface area contributed by atoms with Gasteiger partial charge in [0.25, 0.3) is 0 Å². The lowest BCUT2D eigenvalue weighted by molar-refractivity contribution is -0.150. The van der Waals surface area contributed by atoms with Gasteiger partial charge in [-0.2, -0.15) is 5.06 Å². The van der Waals surface area contributed by atoms with Crippen molar-refractivity contribution in [2.24, 2.45) is 0 Å². The molecule has 3 rings (SSSR count). The van der Waals surface area contributed by atoms with E-state index < -0.39 is 24.0 Å². The average molecular weight is 317 g/mol. The van der Waals surface area contributed by atoms with Gasteiger partial charge in [0.2, 0.25) is 5.91 Å². The summed E-state index contributed by atoms with van der Waals surface area (Å²) in [4.78, 5) is 26.8. The highest BCUT2D eigenvalue weighted by Crippen LogP contribution is 2.20. The molecule has 1 aliphatic rings. The van der Waals surface area contributed by atoms with Crippen LogP contribution in [0.5, 0.6) is 0 Å². The molecule has 0 saturated carbocycles. The number of aromatic nitrogens is 1. The molecule has 4 N–H and O–H groups in total.